The molecule has 32 heavy (non-hydrogen) atoms. The van der Waals surface area contributed by atoms with E-state index < -0.39 is 5.97 Å². The van der Waals surface area contributed by atoms with Gasteiger partial charge in [0.05, 0.1) is 22.6 Å². The van der Waals surface area contributed by atoms with Crippen molar-refractivity contribution in [1.29, 1.82) is 0 Å². The van der Waals surface area contributed by atoms with Gasteiger partial charge in [-0.1, -0.05) is 36.4 Å². The Labute approximate surface area is 185 Å². The van der Waals surface area contributed by atoms with Crippen LogP contribution in [0.3, 0.4) is 0 Å². The minimum Gasteiger partial charge on any atom is -0.476 e. The summed E-state index contributed by atoms with van der Waals surface area (Å²) < 4.78 is 1.56. The molecule has 0 saturated carbocycles. The van der Waals surface area contributed by atoms with E-state index in [0.717, 1.165) is 16.7 Å². The Balaban J connectivity index is 1.88. The standard InChI is InChI=1S/C25H24N4O3/c1-14-12-18(16(3)27-20-11-10-15(2)26-22(20)25(31)32)21-19(13-14)24(30)29(4)23(28-21)17-8-6-5-7-9-17/h5-13,16,27H,1-4H3,(H,31,32)/t16-/m1/s1. The molecule has 0 radical (unpaired) electrons. The van der Waals surface area contributed by atoms with E-state index in [9.17, 15) is 14.7 Å². The predicted molar refractivity (Wildman–Crippen MR) is 125 cm³/mol. The van der Waals surface area contributed by atoms with Crippen LogP contribution in [-0.2, 0) is 7.05 Å². The maximum atomic E-state index is 13.2. The molecule has 2 N–H and O–H groups in total. The van der Waals surface area contributed by atoms with E-state index in [2.05, 4.69) is 10.3 Å². The second kappa shape index (κ2) is 8.26. The number of rotatable bonds is 5. The van der Waals surface area contributed by atoms with Gasteiger partial charge in [-0.05, 0) is 44.5 Å². The van der Waals surface area contributed by atoms with Crippen LogP contribution >= 0.6 is 0 Å². The first-order valence-electron chi connectivity index (χ1n) is 10.3. The molecule has 4 rings (SSSR count). The number of aryl methyl sites for hydroxylation is 2. The van der Waals surface area contributed by atoms with E-state index in [1.54, 1.807) is 30.7 Å². The molecule has 0 aliphatic rings. The fourth-order valence-electron chi connectivity index (χ4n) is 3.88. The lowest BCUT2D eigenvalue weighted by Crippen LogP contribution is -2.22. The molecule has 2 aromatic heterocycles. The monoisotopic (exact) mass is 428 g/mol. The zero-order chi connectivity index (χ0) is 23.0. The molecule has 0 aliphatic heterocycles. The molecule has 0 saturated heterocycles. The zero-order valence-corrected chi connectivity index (χ0v) is 18.4. The maximum Gasteiger partial charge on any atom is 0.356 e. The number of carbonyl (C=O) groups is 1. The Morgan fingerprint density at radius 3 is 2.47 bits per heavy atom. The van der Waals surface area contributed by atoms with Crippen molar-refractivity contribution in [3.8, 4) is 11.4 Å². The zero-order valence-electron chi connectivity index (χ0n) is 18.4. The fraction of sp³-hybridized carbons (Fsp3) is 0.200. The van der Waals surface area contributed by atoms with Crippen molar-refractivity contribution in [2.45, 2.75) is 26.8 Å². The van der Waals surface area contributed by atoms with E-state index in [1.165, 1.54) is 0 Å². The van der Waals surface area contributed by atoms with Gasteiger partial charge in [0.25, 0.3) is 5.56 Å². The van der Waals surface area contributed by atoms with Crippen molar-refractivity contribution >= 4 is 22.6 Å². The Kier molecular flexibility index (Phi) is 5.48. The largest absolute Gasteiger partial charge is 0.476 e. The molecular formula is C25H24N4O3. The minimum absolute atomic E-state index is 0.0392. The first-order chi connectivity index (χ1) is 15.3. The second-order valence-corrected chi connectivity index (χ2v) is 7.94. The quantitative estimate of drug-likeness (QED) is 0.486. The van der Waals surface area contributed by atoms with Crippen LogP contribution in [0.4, 0.5) is 5.69 Å². The number of pyridine rings is 1. The van der Waals surface area contributed by atoms with Crippen LogP contribution in [0.2, 0.25) is 0 Å². The number of carboxylic acid groups (broad SMARTS) is 1. The SMILES string of the molecule is Cc1cc([C@@H](C)Nc2ccc(C)nc2C(=O)O)c2nc(-c3ccccc3)n(C)c(=O)c2c1. The van der Waals surface area contributed by atoms with Gasteiger partial charge < -0.3 is 10.4 Å². The van der Waals surface area contributed by atoms with Gasteiger partial charge >= 0.3 is 5.97 Å². The summed E-state index contributed by atoms with van der Waals surface area (Å²) in [5, 5.41) is 13.3. The Bertz CT molecular complexity index is 1390. The van der Waals surface area contributed by atoms with Crippen LogP contribution in [0.1, 0.15) is 40.3 Å². The first kappa shape index (κ1) is 21.2. The van der Waals surface area contributed by atoms with E-state index in [0.29, 0.717) is 28.1 Å². The summed E-state index contributed by atoms with van der Waals surface area (Å²) >= 11 is 0. The van der Waals surface area contributed by atoms with Crippen LogP contribution < -0.4 is 10.9 Å². The van der Waals surface area contributed by atoms with Crippen molar-refractivity contribution in [2.75, 3.05) is 5.32 Å². The first-order valence-corrected chi connectivity index (χ1v) is 10.3. The van der Waals surface area contributed by atoms with E-state index >= 15 is 0 Å². The summed E-state index contributed by atoms with van der Waals surface area (Å²) in [6, 6.07) is 16.5. The molecule has 7 heteroatoms. The number of aromatic nitrogens is 3. The average Bonchev–Trinajstić information content (AvgIpc) is 2.77. The highest BCUT2D eigenvalue weighted by atomic mass is 16.4. The number of hydrogen-bond donors (Lipinski definition) is 2. The molecule has 0 aliphatic carbocycles. The highest BCUT2D eigenvalue weighted by Crippen LogP contribution is 2.29. The van der Waals surface area contributed by atoms with Crippen LogP contribution in [0, 0.1) is 13.8 Å². The van der Waals surface area contributed by atoms with Gasteiger partial charge in [-0.15, -0.1) is 0 Å². The van der Waals surface area contributed by atoms with Crippen LogP contribution in [-0.4, -0.2) is 25.6 Å². The van der Waals surface area contributed by atoms with Crippen molar-refractivity contribution in [3.63, 3.8) is 0 Å². The minimum atomic E-state index is -1.10. The van der Waals surface area contributed by atoms with Gasteiger partial charge in [0, 0.05) is 23.9 Å². The highest BCUT2D eigenvalue weighted by molar-refractivity contribution is 5.92. The van der Waals surface area contributed by atoms with E-state index in [-0.39, 0.29) is 17.3 Å². The molecule has 162 valence electrons. The number of anilines is 1. The number of aromatic carboxylic acids is 1. The van der Waals surface area contributed by atoms with Gasteiger partial charge in [0.1, 0.15) is 5.82 Å². The van der Waals surface area contributed by atoms with E-state index in [1.807, 2.05) is 56.3 Å². The van der Waals surface area contributed by atoms with Gasteiger partial charge in [-0.25, -0.2) is 14.8 Å². The Hall–Kier alpha value is -4.00. The highest BCUT2D eigenvalue weighted by Gasteiger charge is 2.19. The fourth-order valence-corrected chi connectivity index (χ4v) is 3.88. The van der Waals surface area contributed by atoms with Gasteiger partial charge in [-0.2, -0.15) is 0 Å². The summed E-state index contributed by atoms with van der Waals surface area (Å²) in [5.41, 5.74) is 4.04. The van der Waals surface area contributed by atoms with Gasteiger partial charge in [0.2, 0.25) is 0 Å². The third-order valence-electron chi connectivity index (χ3n) is 5.46. The topological polar surface area (TPSA) is 97.1 Å². The molecule has 2 heterocycles. The second-order valence-electron chi connectivity index (χ2n) is 7.94. The lowest BCUT2D eigenvalue weighted by atomic mass is 10.0. The molecular weight excluding hydrogens is 404 g/mol. The van der Waals surface area contributed by atoms with Crippen LogP contribution in [0.15, 0.2) is 59.4 Å². The summed E-state index contributed by atoms with van der Waals surface area (Å²) in [6.45, 7) is 5.59. The molecule has 0 unspecified atom stereocenters. The van der Waals surface area contributed by atoms with Crippen molar-refractivity contribution in [2.24, 2.45) is 7.05 Å². The van der Waals surface area contributed by atoms with Crippen LogP contribution in [0.25, 0.3) is 22.3 Å². The Morgan fingerprint density at radius 1 is 1.06 bits per heavy atom. The summed E-state index contributed by atoms with van der Waals surface area (Å²) in [7, 11) is 1.72. The maximum absolute atomic E-state index is 13.2. The van der Waals surface area contributed by atoms with Crippen molar-refractivity contribution in [3.05, 3.63) is 87.5 Å². The normalized spacial score (nSPS) is 12.0. The molecule has 1 atom stereocenters. The summed E-state index contributed by atoms with van der Waals surface area (Å²) in [5.74, 6) is -0.528. The molecule has 2 aromatic carbocycles. The molecule has 0 spiro atoms. The smallest absolute Gasteiger partial charge is 0.356 e. The average molecular weight is 428 g/mol. The predicted octanol–water partition coefficient (Wildman–Crippen LogP) is 4.48. The molecule has 0 fully saturated rings. The number of nitrogens with one attached hydrogen (secondary N) is 1. The Morgan fingerprint density at radius 2 is 1.78 bits per heavy atom. The van der Waals surface area contributed by atoms with Crippen molar-refractivity contribution in [1.82, 2.24) is 14.5 Å². The number of fused-ring (bicyclic) bond motifs is 1. The molecule has 4 aromatic rings. The molecule has 0 bridgehead atoms. The number of benzene rings is 2. The number of hydrogen-bond acceptors (Lipinski definition) is 5. The lowest BCUT2D eigenvalue weighted by molar-refractivity contribution is 0.0691. The molecule has 0 amide bonds. The summed E-state index contributed by atoms with van der Waals surface area (Å²) in [6.07, 6.45) is 0. The molecule has 7 nitrogen and oxygen atoms in total. The van der Waals surface area contributed by atoms with Crippen molar-refractivity contribution < 1.29 is 9.90 Å². The number of nitrogens with zero attached hydrogens (tertiary/aromatic N) is 3. The lowest BCUT2D eigenvalue weighted by Gasteiger charge is -2.20. The van der Waals surface area contributed by atoms with Crippen LogP contribution in [0.5, 0.6) is 0 Å². The van der Waals surface area contributed by atoms with E-state index in [4.69, 9.17) is 4.98 Å². The van der Waals surface area contributed by atoms with Gasteiger partial charge in [0.15, 0.2) is 5.69 Å². The third kappa shape index (κ3) is 3.85. The third-order valence-corrected chi connectivity index (χ3v) is 5.46. The number of carboxylic acids is 1. The summed E-state index contributed by atoms with van der Waals surface area (Å²) in [4.78, 5) is 33.9. The van der Waals surface area contributed by atoms with Gasteiger partial charge in [-0.3, -0.25) is 9.36 Å².